The Labute approximate surface area is 185 Å². The molecule has 0 atom stereocenters. The van der Waals surface area contributed by atoms with Crippen LogP contribution in [0.4, 0.5) is 0 Å². The monoisotopic (exact) mass is 448 g/mol. The Morgan fingerprint density at radius 2 is 1.65 bits per heavy atom. The molecule has 31 heavy (non-hydrogen) atoms. The minimum atomic E-state index is -3.78. The standard InChI is InChI=1S/C22H32N4O4S/c1-3-12-24(13-4-2)21(27)10-7-11-22(28)25-14-16-26(17-15-25)31(29,30)20-9-6-5-8-19(20)18-23/h5-6,8-9H,3-4,7,10-17H2,1-2H3. The van der Waals surface area contributed by atoms with Gasteiger partial charge in [-0.15, -0.1) is 0 Å². The van der Waals surface area contributed by atoms with Crippen LogP contribution in [0.2, 0.25) is 0 Å². The molecular formula is C22H32N4O4S. The van der Waals surface area contributed by atoms with Gasteiger partial charge in [-0.2, -0.15) is 9.57 Å². The maximum Gasteiger partial charge on any atom is 0.244 e. The summed E-state index contributed by atoms with van der Waals surface area (Å²) >= 11 is 0. The molecule has 0 aliphatic carbocycles. The Morgan fingerprint density at radius 3 is 2.23 bits per heavy atom. The van der Waals surface area contributed by atoms with Crippen molar-refractivity contribution < 1.29 is 18.0 Å². The molecule has 8 nitrogen and oxygen atoms in total. The van der Waals surface area contributed by atoms with E-state index in [-0.39, 0.29) is 41.8 Å². The van der Waals surface area contributed by atoms with Gasteiger partial charge in [-0.1, -0.05) is 26.0 Å². The van der Waals surface area contributed by atoms with Gasteiger partial charge in [0.25, 0.3) is 0 Å². The average molecular weight is 449 g/mol. The summed E-state index contributed by atoms with van der Waals surface area (Å²) in [5, 5.41) is 9.20. The lowest BCUT2D eigenvalue weighted by molar-refractivity contribution is -0.133. The Morgan fingerprint density at radius 1 is 1.03 bits per heavy atom. The third-order valence-electron chi connectivity index (χ3n) is 5.34. The molecule has 0 N–H and O–H groups in total. The normalized spacial score (nSPS) is 14.8. The van der Waals surface area contributed by atoms with Gasteiger partial charge in [-0.05, 0) is 31.4 Å². The van der Waals surface area contributed by atoms with Gasteiger partial charge in [0.1, 0.15) is 6.07 Å². The number of carbonyl (C=O) groups is 2. The highest BCUT2D eigenvalue weighted by Gasteiger charge is 2.31. The van der Waals surface area contributed by atoms with E-state index in [1.807, 2.05) is 24.8 Å². The molecule has 0 radical (unpaired) electrons. The smallest absolute Gasteiger partial charge is 0.244 e. The summed E-state index contributed by atoms with van der Waals surface area (Å²) in [6, 6.07) is 8.06. The molecule has 0 bridgehead atoms. The van der Waals surface area contributed by atoms with Gasteiger partial charge in [0.2, 0.25) is 21.8 Å². The van der Waals surface area contributed by atoms with Crippen molar-refractivity contribution in [2.75, 3.05) is 39.3 Å². The molecule has 2 rings (SSSR count). The molecule has 0 unspecified atom stereocenters. The van der Waals surface area contributed by atoms with Crippen LogP contribution in [0.25, 0.3) is 0 Å². The number of amides is 2. The van der Waals surface area contributed by atoms with E-state index in [1.165, 1.54) is 16.4 Å². The number of rotatable bonds is 10. The second kappa shape index (κ2) is 11.8. The zero-order valence-electron chi connectivity index (χ0n) is 18.4. The molecule has 0 saturated carbocycles. The van der Waals surface area contributed by atoms with E-state index >= 15 is 0 Å². The van der Waals surface area contributed by atoms with Crippen molar-refractivity contribution in [2.45, 2.75) is 50.8 Å². The summed E-state index contributed by atoms with van der Waals surface area (Å²) in [5.74, 6) is 0.0309. The molecule has 1 heterocycles. The van der Waals surface area contributed by atoms with Crippen molar-refractivity contribution in [2.24, 2.45) is 0 Å². The van der Waals surface area contributed by atoms with Crippen molar-refractivity contribution >= 4 is 21.8 Å². The lowest BCUT2D eigenvalue weighted by Crippen LogP contribution is -2.50. The first-order valence-corrected chi connectivity index (χ1v) is 12.3. The number of piperazine rings is 1. The summed E-state index contributed by atoms with van der Waals surface area (Å²) in [6.45, 7) is 6.55. The first-order valence-electron chi connectivity index (χ1n) is 10.9. The quantitative estimate of drug-likeness (QED) is 0.546. The van der Waals surface area contributed by atoms with Crippen LogP contribution in [0, 0.1) is 11.3 Å². The molecular weight excluding hydrogens is 416 g/mol. The maximum atomic E-state index is 12.9. The van der Waals surface area contributed by atoms with Crippen LogP contribution in [-0.2, 0) is 19.6 Å². The van der Waals surface area contributed by atoms with E-state index in [4.69, 9.17) is 0 Å². The summed E-state index contributed by atoms with van der Waals surface area (Å²) in [5.41, 5.74) is 0.117. The fourth-order valence-electron chi connectivity index (χ4n) is 3.71. The summed E-state index contributed by atoms with van der Waals surface area (Å²) in [7, 11) is -3.78. The lowest BCUT2D eigenvalue weighted by atomic mass is 10.2. The third kappa shape index (κ3) is 6.52. The molecule has 1 aromatic carbocycles. The molecule has 170 valence electrons. The first kappa shape index (κ1) is 24.8. The fourth-order valence-corrected chi connectivity index (χ4v) is 5.27. The van der Waals surface area contributed by atoms with Crippen LogP contribution in [0.15, 0.2) is 29.2 Å². The maximum absolute atomic E-state index is 12.9. The van der Waals surface area contributed by atoms with Gasteiger partial charge >= 0.3 is 0 Å². The molecule has 1 aliphatic heterocycles. The summed E-state index contributed by atoms with van der Waals surface area (Å²) < 4.78 is 27.1. The van der Waals surface area contributed by atoms with Gasteiger partial charge in [-0.25, -0.2) is 8.42 Å². The second-order valence-electron chi connectivity index (χ2n) is 7.63. The number of sulfonamides is 1. The highest BCUT2D eigenvalue weighted by Crippen LogP contribution is 2.21. The lowest BCUT2D eigenvalue weighted by Gasteiger charge is -2.34. The second-order valence-corrected chi connectivity index (χ2v) is 9.53. The predicted molar refractivity (Wildman–Crippen MR) is 118 cm³/mol. The van der Waals surface area contributed by atoms with E-state index in [9.17, 15) is 23.3 Å². The largest absolute Gasteiger partial charge is 0.343 e. The van der Waals surface area contributed by atoms with Crippen LogP contribution in [0.3, 0.4) is 0 Å². The number of hydrogen-bond acceptors (Lipinski definition) is 5. The molecule has 0 aromatic heterocycles. The molecule has 1 saturated heterocycles. The molecule has 1 fully saturated rings. The number of benzene rings is 1. The van der Waals surface area contributed by atoms with E-state index in [1.54, 1.807) is 17.0 Å². The number of hydrogen-bond donors (Lipinski definition) is 0. The predicted octanol–water partition coefficient (Wildman–Crippen LogP) is 2.21. The van der Waals surface area contributed by atoms with E-state index in [0.29, 0.717) is 25.9 Å². The van der Waals surface area contributed by atoms with Crippen LogP contribution in [0.1, 0.15) is 51.5 Å². The minimum absolute atomic E-state index is 0.000461. The molecule has 9 heteroatoms. The fraction of sp³-hybridized carbons (Fsp3) is 0.591. The van der Waals surface area contributed by atoms with Gasteiger partial charge in [0, 0.05) is 52.1 Å². The van der Waals surface area contributed by atoms with Gasteiger partial charge in [0.05, 0.1) is 10.5 Å². The van der Waals surface area contributed by atoms with Crippen LogP contribution in [-0.4, -0.2) is 73.6 Å². The van der Waals surface area contributed by atoms with Crippen molar-refractivity contribution in [3.63, 3.8) is 0 Å². The minimum Gasteiger partial charge on any atom is -0.343 e. The third-order valence-corrected chi connectivity index (χ3v) is 7.29. The van der Waals surface area contributed by atoms with Crippen LogP contribution >= 0.6 is 0 Å². The molecule has 2 amide bonds. The number of nitrogens with zero attached hydrogens (tertiary/aromatic N) is 4. The molecule has 1 aliphatic rings. The van der Waals surface area contributed by atoms with Crippen LogP contribution in [0.5, 0.6) is 0 Å². The van der Waals surface area contributed by atoms with Gasteiger partial charge in [-0.3, -0.25) is 9.59 Å². The Bertz CT molecular complexity index is 896. The van der Waals surface area contributed by atoms with E-state index in [0.717, 1.165) is 25.9 Å². The summed E-state index contributed by atoms with van der Waals surface area (Å²) in [4.78, 5) is 28.4. The average Bonchev–Trinajstić information content (AvgIpc) is 2.78. The topological polar surface area (TPSA) is 102 Å². The van der Waals surface area contributed by atoms with E-state index in [2.05, 4.69) is 0 Å². The molecule has 0 spiro atoms. The zero-order chi connectivity index (χ0) is 22.9. The Balaban J connectivity index is 1.85. The Hall–Kier alpha value is -2.44. The van der Waals surface area contributed by atoms with Crippen molar-refractivity contribution in [3.8, 4) is 6.07 Å². The van der Waals surface area contributed by atoms with E-state index < -0.39 is 10.0 Å². The number of carbonyl (C=O) groups excluding carboxylic acids is 2. The highest BCUT2D eigenvalue weighted by atomic mass is 32.2. The van der Waals surface area contributed by atoms with Crippen molar-refractivity contribution in [1.82, 2.24) is 14.1 Å². The van der Waals surface area contributed by atoms with Gasteiger partial charge in [0.15, 0.2) is 0 Å². The zero-order valence-corrected chi connectivity index (χ0v) is 19.2. The van der Waals surface area contributed by atoms with Crippen molar-refractivity contribution in [1.29, 1.82) is 5.26 Å². The SMILES string of the molecule is CCCN(CCC)C(=O)CCCC(=O)N1CCN(S(=O)(=O)c2ccccc2C#N)CC1. The van der Waals surface area contributed by atoms with Crippen molar-refractivity contribution in [3.05, 3.63) is 29.8 Å². The number of nitriles is 1. The van der Waals surface area contributed by atoms with Gasteiger partial charge < -0.3 is 9.80 Å². The highest BCUT2D eigenvalue weighted by molar-refractivity contribution is 7.89. The summed E-state index contributed by atoms with van der Waals surface area (Å²) in [6.07, 6.45) is 2.95. The first-order chi connectivity index (χ1) is 14.8. The van der Waals surface area contributed by atoms with Crippen LogP contribution < -0.4 is 0 Å². The Kier molecular flexibility index (Phi) is 9.46. The molecule has 1 aromatic rings.